The summed E-state index contributed by atoms with van der Waals surface area (Å²) in [5.74, 6) is -2.03. The van der Waals surface area contributed by atoms with Gasteiger partial charge >= 0.3 is 6.18 Å². The fourth-order valence-electron chi connectivity index (χ4n) is 4.40. The lowest BCUT2D eigenvalue weighted by Gasteiger charge is -2.36. The quantitative estimate of drug-likeness (QED) is 0.174. The number of halogens is 5. The van der Waals surface area contributed by atoms with Crippen molar-refractivity contribution >= 4 is 5.82 Å². The normalized spacial score (nSPS) is 13.9. The molecule has 43 heavy (non-hydrogen) atoms. The SMILES string of the molecule is C[C@@](CNc1nc(-c2cc(-c3ccon3)n(Cc3ccccc3F)n2)ncc1F)(NC(CO)c1ccccc1)C(F)(F)F. The molecule has 224 valence electrons. The van der Waals surface area contributed by atoms with Crippen LogP contribution in [0.5, 0.6) is 0 Å². The van der Waals surface area contributed by atoms with Gasteiger partial charge in [0.1, 0.15) is 29.0 Å². The number of hydrogen-bond acceptors (Lipinski definition) is 8. The van der Waals surface area contributed by atoms with Crippen LogP contribution in [0.2, 0.25) is 0 Å². The molecule has 0 fully saturated rings. The highest BCUT2D eigenvalue weighted by atomic mass is 19.4. The van der Waals surface area contributed by atoms with Crippen LogP contribution in [0, 0.1) is 11.6 Å². The van der Waals surface area contributed by atoms with Crippen molar-refractivity contribution in [3.63, 3.8) is 0 Å². The monoisotopic (exact) mass is 599 g/mol. The Bertz CT molecular complexity index is 1660. The second kappa shape index (κ2) is 12.3. The van der Waals surface area contributed by atoms with Gasteiger partial charge in [-0.1, -0.05) is 53.7 Å². The summed E-state index contributed by atoms with van der Waals surface area (Å²) >= 11 is 0. The Hall–Kier alpha value is -4.69. The number of aliphatic hydroxyl groups is 1. The van der Waals surface area contributed by atoms with Crippen LogP contribution in [-0.2, 0) is 6.54 Å². The van der Waals surface area contributed by atoms with Crippen molar-refractivity contribution in [3.05, 3.63) is 102 Å². The zero-order valence-corrected chi connectivity index (χ0v) is 22.7. The molecule has 0 aliphatic carbocycles. The van der Waals surface area contributed by atoms with Crippen molar-refractivity contribution in [2.24, 2.45) is 0 Å². The Morgan fingerprint density at radius 2 is 1.72 bits per heavy atom. The number of alkyl halides is 3. The summed E-state index contributed by atoms with van der Waals surface area (Å²) in [5.41, 5.74) is -0.892. The van der Waals surface area contributed by atoms with Gasteiger partial charge in [0.05, 0.1) is 31.1 Å². The van der Waals surface area contributed by atoms with Gasteiger partial charge in [0.2, 0.25) is 0 Å². The van der Waals surface area contributed by atoms with Crippen LogP contribution in [0.1, 0.15) is 24.1 Å². The number of nitrogens with zero attached hydrogens (tertiary/aromatic N) is 5. The van der Waals surface area contributed by atoms with E-state index in [2.05, 4.69) is 30.9 Å². The lowest BCUT2D eigenvalue weighted by atomic mass is 9.97. The second-order valence-electron chi connectivity index (χ2n) is 9.91. The minimum absolute atomic E-state index is 0.00418. The molecule has 0 amide bonds. The van der Waals surface area contributed by atoms with Crippen LogP contribution >= 0.6 is 0 Å². The molecule has 0 saturated carbocycles. The van der Waals surface area contributed by atoms with Crippen molar-refractivity contribution in [3.8, 4) is 22.9 Å². The van der Waals surface area contributed by atoms with Gasteiger partial charge in [0.25, 0.3) is 0 Å². The second-order valence-corrected chi connectivity index (χ2v) is 9.91. The van der Waals surface area contributed by atoms with E-state index < -0.39 is 48.4 Å². The number of nitrogens with one attached hydrogen (secondary N) is 2. The van der Waals surface area contributed by atoms with Crippen molar-refractivity contribution in [1.29, 1.82) is 0 Å². The third kappa shape index (κ3) is 6.54. The number of hydrogen-bond donors (Lipinski definition) is 3. The van der Waals surface area contributed by atoms with Crippen LogP contribution in [0.25, 0.3) is 22.9 Å². The molecule has 5 aromatic rings. The van der Waals surface area contributed by atoms with Crippen LogP contribution in [0.3, 0.4) is 0 Å². The molecule has 3 N–H and O–H groups in total. The van der Waals surface area contributed by atoms with Crippen LogP contribution in [-0.4, -0.2) is 54.9 Å². The smallest absolute Gasteiger partial charge is 0.394 e. The van der Waals surface area contributed by atoms with Crippen LogP contribution < -0.4 is 10.6 Å². The third-order valence-electron chi connectivity index (χ3n) is 6.84. The lowest BCUT2D eigenvalue weighted by Crippen LogP contribution is -2.60. The predicted molar refractivity (Wildman–Crippen MR) is 147 cm³/mol. The molecule has 5 rings (SSSR count). The standard InChI is InChI=1S/C29H26F5N7O2/c1-28(29(32,33)34,38-24(16-42)18-7-3-2-4-8-18)17-36-26-21(31)14-35-27(37-26)23-13-25(22-11-12-43-40-22)41(39-23)15-19-9-5-6-10-20(19)30/h2-14,24,38,42H,15-17H2,1H3,(H,35,36,37)/t24?,28-/m0/s1. The first-order valence-electron chi connectivity index (χ1n) is 13.1. The maximum absolute atomic E-state index is 14.8. The molecule has 3 aromatic heterocycles. The number of aliphatic hydroxyl groups excluding tert-OH is 1. The predicted octanol–water partition coefficient (Wildman–Crippen LogP) is 5.38. The Morgan fingerprint density at radius 1 is 0.977 bits per heavy atom. The number of aromatic nitrogens is 5. The summed E-state index contributed by atoms with van der Waals surface area (Å²) < 4.78 is 78.4. The van der Waals surface area contributed by atoms with Gasteiger partial charge < -0.3 is 14.9 Å². The number of anilines is 1. The van der Waals surface area contributed by atoms with Gasteiger partial charge in [-0.25, -0.2) is 18.7 Å². The highest BCUT2D eigenvalue weighted by molar-refractivity contribution is 5.63. The molecule has 0 bridgehead atoms. The van der Waals surface area contributed by atoms with E-state index in [1.807, 2.05) is 0 Å². The summed E-state index contributed by atoms with van der Waals surface area (Å²) in [6.07, 6.45) is -2.64. The van der Waals surface area contributed by atoms with E-state index in [1.165, 1.54) is 23.1 Å². The molecular weight excluding hydrogens is 573 g/mol. The molecule has 0 saturated heterocycles. The molecule has 0 radical (unpaired) electrons. The molecular formula is C29H26F5N7O2. The molecule has 2 atom stereocenters. The minimum atomic E-state index is -4.80. The summed E-state index contributed by atoms with van der Waals surface area (Å²) in [5, 5.41) is 23.1. The molecule has 0 aliphatic heterocycles. The molecule has 14 heteroatoms. The maximum atomic E-state index is 14.8. The molecule has 2 aromatic carbocycles. The molecule has 0 spiro atoms. The zero-order chi connectivity index (χ0) is 30.6. The maximum Gasteiger partial charge on any atom is 0.408 e. The van der Waals surface area contributed by atoms with Crippen LogP contribution in [0.15, 0.2) is 83.7 Å². The Kier molecular flexibility index (Phi) is 8.50. The van der Waals surface area contributed by atoms with E-state index in [0.717, 1.165) is 13.1 Å². The molecule has 9 nitrogen and oxygen atoms in total. The zero-order valence-electron chi connectivity index (χ0n) is 22.7. The Balaban J connectivity index is 1.43. The molecule has 0 aliphatic rings. The fraction of sp³-hybridized carbons (Fsp3) is 0.241. The van der Waals surface area contributed by atoms with E-state index in [-0.39, 0.29) is 18.1 Å². The number of rotatable bonds is 11. The fourth-order valence-corrected chi connectivity index (χ4v) is 4.40. The van der Waals surface area contributed by atoms with Crippen molar-refractivity contribution in [2.45, 2.75) is 31.2 Å². The van der Waals surface area contributed by atoms with E-state index in [9.17, 15) is 27.1 Å². The van der Waals surface area contributed by atoms with E-state index >= 15 is 0 Å². The Labute approximate surface area is 242 Å². The van der Waals surface area contributed by atoms with Gasteiger partial charge in [0.15, 0.2) is 17.5 Å². The van der Waals surface area contributed by atoms with Crippen LogP contribution in [0.4, 0.5) is 27.8 Å². The van der Waals surface area contributed by atoms with E-state index in [4.69, 9.17) is 4.52 Å². The first-order valence-corrected chi connectivity index (χ1v) is 13.1. The first kappa shape index (κ1) is 29.8. The molecule has 3 heterocycles. The van der Waals surface area contributed by atoms with Crippen molar-refractivity contribution in [2.75, 3.05) is 18.5 Å². The molecule has 1 unspecified atom stereocenters. The van der Waals surface area contributed by atoms with Gasteiger partial charge in [-0.05, 0) is 24.6 Å². The summed E-state index contributed by atoms with van der Waals surface area (Å²) in [7, 11) is 0. The van der Waals surface area contributed by atoms with Gasteiger partial charge in [-0.2, -0.15) is 18.3 Å². The highest BCUT2D eigenvalue weighted by Crippen LogP contribution is 2.33. The average molecular weight is 600 g/mol. The van der Waals surface area contributed by atoms with Gasteiger partial charge in [-0.3, -0.25) is 10.00 Å². The van der Waals surface area contributed by atoms with Gasteiger partial charge in [-0.15, -0.1) is 0 Å². The average Bonchev–Trinajstić information content (AvgIpc) is 3.67. The summed E-state index contributed by atoms with van der Waals surface area (Å²) in [6.45, 7) is -0.533. The van der Waals surface area contributed by atoms with Gasteiger partial charge in [0, 0.05) is 18.2 Å². The third-order valence-corrected chi connectivity index (χ3v) is 6.84. The largest absolute Gasteiger partial charge is 0.408 e. The lowest BCUT2D eigenvalue weighted by molar-refractivity contribution is -0.190. The highest BCUT2D eigenvalue weighted by Gasteiger charge is 2.52. The van der Waals surface area contributed by atoms with Crippen molar-refractivity contribution < 1.29 is 31.6 Å². The summed E-state index contributed by atoms with van der Waals surface area (Å²) in [6, 6.07) is 16.3. The topological polar surface area (TPSA) is 114 Å². The first-order chi connectivity index (χ1) is 20.6. The minimum Gasteiger partial charge on any atom is -0.394 e. The van der Waals surface area contributed by atoms with E-state index in [0.29, 0.717) is 22.5 Å². The van der Waals surface area contributed by atoms with Crippen molar-refractivity contribution in [1.82, 2.24) is 30.2 Å². The van der Waals surface area contributed by atoms with E-state index in [1.54, 1.807) is 54.6 Å². The Morgan fingerprint density at radius 3 is 2.40 bits per heavy atom. The number of benzene rings is 2. The summed E-state index contributed by atoms with van der Waals surface area (Å²) in [4.78, 5) is 8.08.